The molecule has 0 aliphatic heterocycles. The Labute approximate surface area is 137 Å². The molecule has 116 valence electrons. The zero-order chi connectivity index (χ0) is 16.5. The van der Waals surface area contributed by atoms with E-state index in [4.69, 9.17) is 5.14 Å². The quantitative estimate of drug-likeness (QED) is 0.511. The van der Waals surface area contributed by atoms with Crippen molar-refractivity contribution < 1.29 is 8.42 Å². The first kappa shape index (κ1) is 13.6. The van der Waals surface area contributed by atoms with Crippen LogP contribution >= 0.6 is 0 Å². The molecule has 0 saturated carbocycles. The Morgan fingerprint density at radius 1 is 0.875 bits per heavy atom. The number of aromatic nitrogens is 2. The molecule has 0 atom stereocenters. The van der Waals surface area contributed by atoms with E-state index >= 15 is 0 Å². The first-order valence-electron chi connectivity index (χ1n) is 7.39. The molecule has 6 heteroatoms. The van der Waals surface area contributed by atoms with Crippen LogP contribution in [0.1, 0.15) is 0 Å². The van der Waals surface area contributed by atoms with E-state index in [2.05, 4.69) is 28.2 Å². The Morgan fingerprint density at radius 2 is 1.62 bits per heavy atom. The van der Waals surface area contributed by atoms with Gasteiger partial charge in [0.2, 0.25) is 0 Å². The van der Waals surface area contributed by atoms with Gasteiger partial charge in [-0.1, -0.05) is 42.5 Å². The first-order valence-corrected chi connectivity index (χ1v) is 8.94. The van der Waals surface area contributed by atoms with Crippen molar-refractivity contribution in [1.82, 2.24) is 9.97 Å². The molecule has 0 amide bonds. The van der Waals surface area contributed by atoms with Gasteiger partial charge in [0.05, 0.1) is 17.2 Å². The molecule has 5 nitrogen and oxygen atoms in total. The van der Waals surface area contributed by atoms with E-state index in [1.54, 1.807) is 0 Å². The van der Waals surface area contributed by atoms with Gasteiger partial charge in [-0.25, -0.2) is 18.5 Å². The van der Waals surface area contributed by atoms with E-state index in [0.717, 1.165) is 33.0 Å². The fourth-order valence-corrected chi connectivity index (χ4v) is 3.89. The van der Waals surface area contributed by atoms with E-state index in [0.29, 0.717) is 11.0 Å². The average Bonchev–Trinajstić information content (AvgIpc) is 2.91. The maximum Gasteiger partial charge on any atom is 0.257 e. The first-order chi connectivity index (χ1) is 11.5. The SMILES string of the molecule is NS(=O)(=O)c1cnc2ccc3c(c2n1)-c1cccc2cccc-3c12. The van der Waals surface area contributed by atoms with Gasteiger partial charge < -0.3 is 0 Å². The molecule has 0 fully saturated rings. The largest absolute Gasteiger partial charge is 0.257 e. The molecular formula is C18H11N3O2S. The van der Waals surface area contributed by atoms with Crippen LogP contribution in [-0.4, -0.2) is 18.4 Å². The van der Waals surface area contributed by atoms with Crippen molar-refractivity contribution in [3.63, 3.8) is 0 Å². The highest BCUT2D eigenvalue weighted by molar-refractivity contribution is 7.89. The minimum atomic E-state index is -3.90. The topological polar surface area (TPSA) is 85.9 Å². The lowest BCUT2D eigenvalue weighted by molar-refractivity contribution is 0.594. The van der Waals surface area contributed by atoms with Gasteiger partial charge in [-0.05, 0) is 33.5 Å². The normalized spacial score (nSPS) is 12.7. The number of sulfonamides is 1. The van der Waals surface area contributed by atoms with Gasteiger partial charge in [0.1, 0.15) is 0 Å². The maximum absolute atomic E-state index is 11.7. The predicted molar refractivity (Wildman–Crippen MR) is 92.8 cm³/mol. The number of nitrogens with zero attached hydrogens (tertiary/aromatic N) is 2. The lowest BCUT2D eigenvalue weighted by Gasteiger charge is -2.07. The van der Waals surface area contributed by atoms with Gasteiger partial charge in [-0.2, -0.15) is 0 Å². The van der Waals surface area contributed by atoms with Crippen molar-refractivity contribution >= 4 is 31.8 Å². The Bertz CT molecular complexity index is 1280. The number of rotatable bonds is 1. The molecule has 1 aliphatic rings. The van der Waals surface area contributed by atoms with Crippen LogP contribution in [0.4, 0.5) is 0 Å². The van der Waals surface area contributed by atoms with Crippen molar-refractivity contribution in [3.05, 3.63) is 54.7 Å². The lowest BCUT2D eigenvalue weighted by atomic mass is 10.0. The van der Waals surface area contributed by atoms with Crippen LogP contribution in [0.5, 0.6) is 0 Å². The third-order valence-electron chi connectivity index (χ3n) is 4.45. The van der Waals surface area contributed by atoms with Gasteiger partial charge >= 0.3 is 0 Å². The van der Waals surface area contributed by atoms with Crippen molar-refractivity contribution in [1.29, 1.82) is 0 Å². The summed E-state index contributed by atoms with van der Waals surface area (Å²) in [7, 11) is -3.90. The Balaban J connectivity index is 1.98. The second-order valence-corrected chi connectivity index (χ2v) is 7.33. The molecule has 0 spiro atoms. The molecule has 0 saturated heterocycles. The molecule has 0 bridgehead atoms. The third kappa shape index (κ3) is 1.69. The fraction of sp³-hybridized carbons (Fsp3) is 0. The van der Waals surface area contributed by atoms with Gasteiger partial charge in [0.15, 0.2) is 5.03 Å². The zero-order valence-corrected chi connectivity index (χ0v) is 13.2. The molecule has 4 aromatic rings. The summed E-state index contributed by atoms with van der Waals surface area (Å²) >= 11 is 0. The highest BCUT2D eigenvalue weighted by Gasteiger charge is 2.24. The maximum atomic E-state index is 11.7. The zero-order valence-electron chi connectivity index (χ0n) is 12.4. The summed E-state index contributed by atoms with van der Waals surface area (Å²) in [5, 5.41) is 7.31. The van der Waals surface area contributed by atoms with Crippen LogP contribution in [0.25, 0.3) is 44.1 Å². The minimum absolute atomic E-state index is 0.216. The average molecular weight is 333 g/mol. The number of nitrogens with two attached hydrogens (primary N) is 1. The van der Waals surface area contributed by atoms with Crippen LogP contribution in [-0.2, 0) is 10.0 Å². The third-order valence-corrected chi connectivity index (χ3v) is 5.23. The van der Waals surface area contributed by atoms with Crippen LogP contribution in [0.2, 0.25) is 0 Å². The summed E-state index contributed by atoms with van der Waals surface area (Å²) in [5.74, 6) is 0. The summed E-state index contributed by atoms with van der Waals surface area (Å²) in [6, 6.07) is 16.1. The summed E-state index contributed by atoms with van der Waals surface area (Å²) in [6.07, 6.45) is 1.20. The second-order valence-electron chi connectivity index (χ2n) is 5.82. The molecule has 2 N–H and O–H groups in total. The minimum Gasteiger partial charge on any atom is -0.252 e. The Morgan fingerprint density at radius 3 is 2.38 bits per heavy atom. The summed E-state index contributed by atoms with van der Waals surface area (Å²) in [4.78, 5) is 8.54. The van der Waals surface area contributed by atoms with E-state index in [1.165, 1.54) is 6.20 Å². The second kappa shape index (κ2) is 4.37. The van der Waals surface area contributed by atoms with E-state index in [9.17, 15) is 8.42 Å². The van der Waals surface area contributed by atoms with Crippen LogP contribution in [0, 0.1) is 0 Å². The molecular weight excluding hydrogens is 322 g/mol. The molecule has 1 aliphatic carbocycles. The summed E-state index contributed by atoms with van der Waals surface area (Å²) < 4.78 is 23.3. The fourth-order valence-electron chi connectivity index (χ4n) is 3.47. The Kier molecular flexibility index (Phi) is 2.48. The van der Waals surface area contributed by atoms with Gasteiger partial charge in [-0.3, -0.25) is 4.98 Å². The van der Waals surface area contributed by atoms with Gasteiger partial charge in [-0.15, -0.1) is 0 Å². The monoisotopic (exact) mass is 333 g/mol. The van der Waals surface area contributed by atoms with Gasteiger partial charge in [0, 0.05) is 5.56 Å². The molecule has 24 heavy (non-hydrogen) atoms. The van der Waals surface area contributed by atoms with Crippen molar-refractivity contribution in [2.45, 2.75) is 5.03 Å². The molecule has 0 radical (unpaired) electrons. The lowest BCUT2D eigenvalue weighted by Crippen LogP contribution is -2.14. The standard InChI is InChI=1S/C18H11N3O2S/c19-24(22,23)15-9-20-14-8-7-12-11-5-1-3-10-4-2-6-13(16(10)11)17(12)18(14)21-15/h1-9H,(H2,19,22,23). The molecule has 1 aromatic heterocycles. The number of primary sulfonamides is 1. The van der Waals surface area contributed by atoms with Crippen molar-refractivity contribution in [2.24, 2.45) is 5.14 Å². The van der Waals surface area contributed by atoms with E-state index in [-0.39, 0.29) is 5.03 Å². The van der Waals surface area contributed by atoms with Crippen LogP contribution < -0.4 is 5.14 Å². The van der Waals surface area contributed by atoms with E-state index in [1.807, 2.05) is 30.3 Å². The number of hydrogen-bond donors (Lipinski definition) is 1. The highest BCUT2D eigenvalue weighted by atomic mass is 32.2. The highest BCUT2D eigenvalue weighted by Crippen LogP contribution is 2.49. The Hall–Kier alpha value is -2.83. The molecule has 3 aromatic carbocycles. The number of benzene rings is 3. The van der Waals surface area contributed by atoms with Crippen molar-refractivity contribution in [2.75, 3.05) is 0 Å². The number of hydrogen-bond acceptors (Lipinski definition) is 4. The predicted octanol–water partition coefficient (Wildman–Crippen LogP) is 3.08. The molecule has 0 unspecified atom stereocenters. The van der Waals surface area contributed by atoms with Gasteiger partial charge in [0.25, 0.3) is 10.0 Å². The molecule has 5 rings (SSSR count). The summed E-state index contributed by atoms with van der Waals surface area (Å²) in [5.41, 5.74) is 5.33. The van der Waals surface area contributed by atoms with E-state index < -0.39 is 10.0 Å². The van der Waals surface area contributed by atoms with Crippen molar-refractivity contribution in [3.8, 4) is 22.3 Å². The van der Waals surface area contributed by atoms with Crippen LogP contribution in [0.15, 0.2) is 59.8 Å². The number of fused-ring (bicyclic) bond motifs is 5. The van der Waals surface area contributed by atoms with Crippen LogP contribution in [0.3, 0.4) is 0 Å². The molecule has 1 heterocycles. The summed E-state index contributed by atoms with van der Waals surface area (Å²) in [6.45, 7) is 0. The smallest absolute Gasteiger partial charge is 0.252 e.